The summed E-state index contributed by atoms with van der Waals surface area (Å²) in [4.78, 5) is 11.0. The first-order valence-electron chi connectivity index (χ1n) is 4.56. The van der Waals surface area contributed by atoms with Crippen LogP contribution in [0.15, 0.2) is 23.6 Å². The first-order valence-corrected chi connectivity index (χ1v) is 5.44. The van der Waals surface area contributed by atoms with Crippen LogP contribution in [0.2, 0.25) is 0 Å². The third-order valence-corrected chi connectivity index (χ3v) is 3.08. The van der Waals surface area contributed by atoms with Crippen LogP contribution in [0.25, 0.3) is 11.1 Å². The van der Waals surface area contributed by atoms with E-state index in [0.717, 1.165) is 23.5 Å². The van der Waals surface area contributed by atoms with Crippen LogP contribution in [-0.2, 0) is 0 Å². The molecule has 0 radical (unpaired) electrons. The second-order valence-electron chi connectivity index (χ2n) is 3.32. The van der Waals surface area contributed by atoms with Gasteiger partial charge in [-0.3, -0.25) is 0 Å². The van der Waals surface area contributed by atoms with Crippen molar-refractivity contribution in [3.05, 3.63) is 40.8 Å². The predicted molar refractivity (Wildman–Crippen MR) is 61.0 cm³/mol. The summed E-state index contributed by atoms with van der Waals surface area (Å²) in [6.07, 6.45) is 0. The molecule has 88 valence electrons. The molecule has 17 heavy (non-hydrogen) atoms. The number of nitrogens with two attached hydrogens (primary N) is 1. The van der Waals surface area contributed by atoms with Crippen LogP contribution in [0.1, 0.15) is 10.4 Å². The molecule has 0 saturated heterocycles. The van der Waals surface area contributed by atoms with Gasteiger partial charge in [-0.15, -0.1) is 11.3 Å². The molecular weight excluding hydrogens is 248 g/mol. The van der Waals surface area contributed by atoms with Gasteiger partial charge in [0.2, 0.25) is 0 Å². The molecule has 1 aromatic heterocycles. The number of aromatic carboxylic acids is 1. The van der Waals surface area contributed by atoms with Crippen molar-refractivity contribution >= 4 is 22.3 Å². The molecule has 3 nitrogen and oxygen atoms in total. The van der Waals surface area contributed by atoms with Crippen LogP contribution in [0, 0.1) is 11.6 Å². The summed E-state index contributed by atoms with van der Waals surface area (Å²) in [5, 5.41) is 10.6. The van der Waals surface area contributed by atoms with Crippen molar-refractivity contribution in [1.82, 2.24) is 0 Å². The average molecular weight is 255 g/mol. The van der Waals surface area contributed by atoms with E-state index in [1.54, 1.807) is 0 Å². The minimum Gasteiger partial charge on any atom is -0.478 e. The lowest BCUT2D eigenvalue weighted by atomic mass is 10.0. The number of rotatable bonds is 2. The Labute approximate surface area is 99.1 Å². The van der Waals surface area contributed by atoms with Gasteiger partial charge in [0, 0.05) is 10.9 Å². The van der Waals surface area contributed by atoms with Crippen LogP contribution in [0.5, 0.6) is 0 Å². The molecular formula is C11H7F2NO2S. The van der Waals surface area contributed by atoms with Gasteiger partial charge in [0.25, 0.3) is 0 Å². The maximum atomic E-state index is 13.1. The van der Waals surface area contributed by atoms with Gasteiger partial charge >= 0.3 is 5.97 Å². The van der Waals surface area contributed by atoms with E-state index in [2.05, 4.69) is 0 Å². The molecule has 2 aromatic rings. The number of carboxylic acid groups (broad SMARTS) is 1. The molecule has 0 aliphatic rings. The number of halogens is 2. The fraction of sp³-hybridized carbons (Fsp3) is 0. The summed E-state index contributed by atoms with van der Waals surface area (Å²) in [6, 6.07) is 3.21. The second kappa shape index (κ2) is 4.14. The highest BCUT2D eigenvalue weighted by atomic mass is 32.1. The zero-order valence-electron chi connectivity index (χ0n) is 8.41. The Bertz CT molecular complexity index is 595. The molecule has 0 unspecified atom stereocenters. The minimum atomic E-state index is -1.19. The zero-order valence-corrected chi connectivity index (χ0v) is 9.22. The minimum absolute atomic E-state index is 0.0824. The first kappa shape index (κ1) is 11.5. The third kappa shape index (κ3) is 1.99. The van der Waals surface area contributed by atoms with Crippen molar-refractivity contribution in [2.24, 2.45) is 0 Å². The number of nitrogen functional groups attached to an aromatic ring is 1. The quantitative estimate of drug-likeness (QED) is 0.867. The molecule has 0 aliphatic heterocycles. The molecule has 1 heterocycles. The smallest absolute Gasteiger partial charge is 0.339 e. The second-order valence-corrected chi connectivity index (χ2v) is 4.23. The van der Waals surface area contributed by atoms with E-state index in [1.807, 2.05) is 0 Å². The molecule has 0 spiro atoms. The molecule has 2 rings (SSSR count). The molecule has 0 atom stereocenters. The van der Waals surface area contributed by atoms with E-state index in [0.29, 0.717) is 5.56 Å². The molecule has 0 amide bonds. The lowest BCUT2D eigenvalue weighted by molar-refractivity contribution is 0.0699. The molecule has 0 fully saturated rings. The van der Waals surface area contributed by atoms with Crippen molar-refractivity contribution < 1.29 is 18.7 Å². The summed E-state index contributed by atoms with van der Waals surface area (Å²) in [5.41, 5.74) is 6.01. The van der Waals surface area contributed by atoms with Gasteiger partial charge < -0.3 is 10.8 Å². The van der Waals surface area contributed by atoms with Crippen molar-refractivity contribution in [2.45, 2.75) is 0 Å². The molecule has 1 aromatic carbocycles. The van der Waals surface area contributed by atoms with E-state index in [-0.39, 0.29) is 16.1 Å². The van der Waals surface area contributed by atoms with Crippen molar-refractivity contribution in [1.29, 1.82) is 0 Å². The maximum Gasteiger partial charge on any atom is 0.339 e. The Morgan fingerprint density at radius 1 is 1.29 bits per heavy atom. The van der Waals surface area contributed by atoms with Gasteiger partial charge in [0.05, 0.1) is 0 Å². The van der Waals surface area contributed by atoms with Crippen LogP contribution in [0.4, 0.5) is 13.8 Å². The maximum absolute atomic E-state index is 13.1. The number of hydrogen-bond acceptors (Lipinski definition) is 3. The number of hydrogen-bond donors (Lipinski definition) is 2. The Balaban J connectivity index is 2.60. The zero-order chi connectivity index (χ0) is 12.6. The Kier molecular flexibility index (Phi) is 2.81. The summed E-state index contributed by atoms with van der Waals surface area (Å²) in [7, 11) is 0. The molecule has 0 bridgehead atoms. The van der Waals surface area contributed by atoms with Crippen LogP contribution < -0.4 is 5.73 Å². The van der Waals surface area contributed by atoms with Gasteiger partial charge in [-0.1, -0.05) is 6.07 Å². The molecule has 0 aliphatic carbocycles. The summed E-state index contributed by atoms with van der Waals surface area (Å²) in [5.74, 6) is -3.19. The number of carboxylic acids is 1. The van der Waals surface area contributed by atoms with E-state index in [4.69, 9.17) is 10.8 Å². The Morgan fingerprint density at radius 3 is 2.59 bits per heavy atom. The Morgan fingerprint density at radius 2 is 2.00 bits per heavy atom. The highest BCUT2D eigenvalue weighted by Crippen LogP contribution is 2.34. The van der Waals surface area contributed by atoms with Gasteiger partial charge in [-0.25, -0.2) is 13.6 Å². The standard InChI is InChI=1S/C11H7F2NO2S/c12-7-2-1-5(3-8(7)13)6-4-17-10(14)9(6)11(15)16/h1-4H,14H2,(H,15,16). The fourth-order valence-corrected chi connectivity index (χ4v) is 2.28. The monoisotopic (exact) mass is 255 g/mol. The molecule has 3 N–H and O–H groups in total. The van der Waals surface area contributed by atoms with E-state index < -0.39 is 17.6 Å². The lowest BCUT2D eigenvalue weighted by Gasteiger charge is -2.02. The van der Waals surface area contributed by atoms with Crippen molar-refractivity contribution in [3.63, 3.8) is 0 Å². The largest absolute Gasteiger partial charge is 0.478 e. The molecule has 6 heteroatoms. The van der Waals surface area contributed by atoms with Crippen LogP contribution >= 0.6 is 11.3 Å². The van der Waals surface area contributed by atoms with Gasteiger partial charge in [-0.2, -0.15) is 0 Å². The van der Waals surface area contributed by atoms with E-state index in [9.17, 15) is 13.6 Å². The summed E-state index contributed by atoms with van der Waals surface area (Å²) in [6.45, 7) is 0. The number of carbonyl (C=O) groups is 1. The van der Waals surface area contributed by atoms with Crippen molar-refractivity contribution in [3.8, 4) is 11.1 Å². The normalized spacial score (nSPS) is 10.5. The highest BCUT2D eigenvalue weighted by molar-refractivity contribution is 7.14. The first-order chi connectivity index (χ1) is 8.00. The SMILES string of the molecule is Nc1scc(-c2ccc(F)c(F)c2)c1C(=O)O. The van der Waals surface area contributed by atoms with Gasteiger partial charge in [0.1, 0.15) is 10.6 Å². The topological polar surface area (TPSA) is 63.3 Å². The lowest BCUT2D eigenvalue weighted by Crippen LogP contribution is -2.00. The highest BCUT2D eigenvalue weighted by Gasteiger charge is 2.18. The third-order valence-electron chi connectivity index (χ3n) is 2.26. The number of thiophene rings is 1. The summed E-state index contributed by atoms with van der Waals surface area (Å²) >= 11 is 1.04. The predicted octanol–water partition coefficient (Wildman–Crippen LogP) is 2.97. The van der Waals surface area contributed by atoms with Crippen LogP contribution in [-0.4, -0.2) is 11.1 Å². The van der Waals surface area contributed by atoms with E-state index >= 15 is 0 Å². The number of benzene rings is 1. The fourth-order valence-electron chi connectivity index (χ4n) is 1.47. The number of anilines is 1. The summed E-state index contributed by atoms with van der Waals surface area (Å²) < 4.78 is 25.8. The molecule has 0 saturated carbocycles. The van der Waals surface area contributed by atoms with Gasteiger partial charge in [-0.05, 0) is 17.7 Å². The average Bonchev–Trinajstić information content (AvgIpc) is 2.64. The van der Waals surface area contributed by atoms with Crippen molar-refractivity contribution in [2.75, 3.05) is 5.73 Å². The van der Waals surface area contributed by atoms with Gasteiger partial charge in [0.15, 0.2) is 11.6 Å². The Hall–Kier alpha value is -1.95. The van der Waals surface area contributed by atoms with Crippen LogP contribution in [0.3, 0.4) is 0 Å². The van der Waals surface area contributed by atoms with E-state index in [1.165, 1.54) is 11.4 Å².